The molecule has 1 aromatic rings. The maximum absolute atomic E-state index is 11.9. The Morgan fingerprint density at radius 3 is 2.55 bits per heavy atom. The van der Waals surface area contributed by atoms with Gasteiger partial charge in [-0.2, -0.15) is 0 Å². The summed E-state index contributed by atoms with van der Waals surface area (Å²) in [6.45, 7) is 1.97. The van der Waals surface area contributed by atoms with Crippen LogP contribution in [0.25, 0.3) is 0 Å². The number of rotatable bonds is 4. The Hall–Kier alpha value is -2.24. The number of ether oxygens (including phenoxy) is 1. The number of amides is 2. The molecule has 0 aliphatic heterocycles. The van der Waals surface area contributed by atoms with Gasteiger partial charge in [-0.1, -0.05) is 0 Å². The minimum absolute atomic E-state index is 0.0275. The summed E-state index contributed by atoms with van der Waals surface area (Å²) in [5, 5.41) is 14.6. The van der Waals surface area contributed by atoms with E-state index in [0.717, 1.165) is 19.3 Å². The summed E-state index contributed by atoms with van der Waals surface area (Å²) in [5.41, 5.74) is 0.0591. The molecule has 0 saturated heterocycles. The van der Waals surface area contributed by atoms with Gasteiger partial charge in [0.25, 0.3) is 0 Å². The topological polar surface area (TPSA) is 87.7 Å². The van der Waals surface area contributed by atoms with Crippen LogP contribution >= 0.6 is 0 Å². The van der Waals surface area contributed by atoms with Crippen LogP contribution in [-0.2, 0) is 0 Å². The first kappa shape index (κ1) is 14.2. The highest BCUT2D eigenvalue weighted by Crippen LogP contribution is 2.31. The Bertz CT molecular complexity index is 538. The van der Waals surface area contributed by atoms with Gasteiger partial charge in [0.05, 0.1) is 18.4 Å². The summed E-state index contributed by atoms with van der Waals surface area (Å²) in [6.07, 6.45) is 2.96. The Labute approximate surface area is 117 Å². The van der Waals surface area contributed by atoms with E-state index in [1.54, 1.807) is 6.07 Å². The molecule has 20 heavy (non-hydrogen) atoms. The molecule has 108 valence electrons. The molecular weight excluding hydrogens is 260 g/mol. The van der Waals surface area contributed by atoms with Crippen LogP contribution in [0.2, 0.25) is 0 Å². The van der Waals surface area contributed by atoms with Crippen LogP contribution in [0.4, 0.5) is 10.5 Å². The molecule has 1 aliphatic rings. The average molecular weight is 278 g/mol. The number of carbonyl (C=O) groups is 2. The van der Waals surface area contributed by atoms with Gasteiger partial charge in [-0.15, -0.1) is 0 Å². The predicted octanol–water partition coefficient (Wildman–Crippen LogP) is 2.46. The molecule has 2 amide bonds. The fraction of sp³-hybridized carbons (Fsp3) is 0.429. The lowest BCUT2D eigenvalue weighted by molar-refractivity contribution is 0.0698. The number of methoxy groups -OCH3 is 1. The number of anilines is 1. The van der Waals surface area contributed by atoms with Crippen LogP contribution in [-0.4, -0.2) is 29.8 Å². The third-order valence-electron chi connectivity index (χ3n) is 3.58. The molecule has 1 aromatic carbocycles. The molecule has 0 heterocycles. The van der Waals surface area contributed by atoms with Crippen molar-refractivity contribution in [3.63, 3.8) is 0 Å². The van der Waals surface area contributed by atoms with E-state index in [-0.39, 0.29) is 16.8 Å². The van der Waals surface area contributed by atoms with Gasteiger partial charge in [0.15, 0.2) is 0 Å². The van der Waals surface area contributed by atoms with Gasteiger partial charge >= 0.3 is 12.0 Å². The van der Waals surface area contributed by atoms with Gasteiger partial charge in [-0.3, -0.25) is 0 Å². The molecule has 0 spiro atoms. The minimum Gasteiger partial charge on any atom is -0.497 e. The summed E-state index contributed by atoms with van der Waals surface area (Å²) in [4.78, 5) is 23.1. The lowest BCUT2D eigenvalue weighted by Crippen LogP contribution is -2.52. The second-order valence-electron chi connectivity index (χ2n) is 5.21. The molecule has 0 bridgehead atoms. The summed E-state index contributed by atoms with van der Waals surface area (Å²) < 4.78 is 5.04. The second-order valence-corrected chi connectivity index (χ2v) is 5.21. The molecule has 0 atom stereocenters. The highest BCUT2D eigenvalue weighted by molar-refractivity contribution is 6.00. The number of carboxylic acid groups (broad SMARTS) is 1. The van der Waals surface area contributed by atoms with Crippen LogP contribution in [0.1, 0.15) is 36.5 Å². The molecule has 3 N–H and O–H groups in total. The number of aromatic carboxylic acids is 1. The lowest BCUT2D eigenvalue weighted by Gasteiger charge is -2.39. The van der Waals surface area contributed by atoms with E-state index in [0.29, 0.717) is 5.75 Å². The van der Waals surface area contributed by atoms with Crippen molar-refractivity contribution in [1.82, 2.24) is 5.32 Å². The third kappa shape index (κ3) is 3.01. The van der Waals surface area contributed by atoms with Crippen LogP contribution in [0.5, 0.6) is 5.75 Å². The van der Waals surface area contributed by atoms with Crippen LogP contribution in [0.3, 0.4) is 0 Å². The molecule has 1 fully saturated rings. The van der Waals surface area contributed by atoms with Crippen molar-refractivity contribution in [3.05, 3.63) is 23.8 Å². The molecule has 1 saturated carbocycles. The molecule has 0 aromatic heterocycles. The fourth-order valence-electron chi connectivity index (χ4n) is 2.20. The van der Waals surface area contributed by atoms with Crippen molar-refractivity contribution in [2.45, 2.75) is 31.7 Å². The fourth-order valence-corrected chi connectivity index (χ4v) is 2.20. The monoisotopic (exact) mass is 278 g/mol. The van der Waals surface area contributed by atoms with E-state index in [1.807, 2.05) is 6.92 Å². The molecule has 1 aliphatic carbocycles. The largest absolute Gasteiger partial charge is 0.497 e. The summed E-state index contributed by atoms with van der Waals surface area (Å²) in [7, 11) is 1.48. The zero-order valence-electron chi connectivity index (χ0n) is 11.5. The zero-order valence-corrected chi connectivity index (χ0v) is 11.5. The maximum atomic E-state index is 11.9. The van der Waals surface area contributed by atoms with Crippen molar-refractivity contribution in [3.8, 4) is 5.75 Å². The van der Waals surface area contributed by atoms with Crippen molar-refractivity contribution < 1.29 is 19.4 Å². The Morgan fingerprint density at radius 1 is 1.35 bits per heavy atom. The summed E-state index contributed by atoms with van der Waals surface area (Å²) in [5.74, 6) is -0.613. The van der Waals surface area contributed by atoms with Crippen molar-refractivity contribution in [1.29, 1.82) is 0 Å². The van der Waals surface area contributed by atoms with Crippen LogP contribution in [0, 0.1) is 0 Å². The minimum atomic E-state index is -1.10. The molecule has 0 unspecified atom stereocenters. The number of nitrogens with one attached hydrogen (secondary N) is 2. The maximum Gasteiger partial charge on any atom is 0.337 e. The second kappa shape index (κ2) is 5.40. The number of hydrogen-bond acceptors (Lipinski definition) is 3. The first-order valence-electron chi connectivity index (χ1n) is 6.44. The van der Waals surface area contributed by atoms with E-state index in [9.17, 15) is 9.59 Å². The van der Waals surface area contributed by atoms with Gasteiger partial charge in [0, 0.05) is 11.6 Å². The van der Waals surface area contributed by atoms with Gasteiger partial charge in [-0.05, 0) is 38.3 Å². The van der Waals surface area contributed by atoms with Crippen LogP contribution < -0.4 is 15.4 Å². The van der Waals surface area contributed by atoms with E-state index in [1.165, 1.54) is 19.2 Å². The summed E-state index contributed by atoms with van der Waals surface area (Å²) >= 11 is 0. The van der Waals surface area contributed by atoms with Crippen LogP contribution in [0.15, 0.2) is 18.2 Å². The first-order valence-corrected chi connectivity index (χ1v) is 6.44. The van der Waals surface area contributed by atoms with E-state index in [4.69, 9.17) is 9.84 Å². The zero-order chi connectivity index (χ0) is 14.8. The quantitative estimate of drug-likeness (QED) is 0.789. The van der Waals surface area contributed by atoms with Gasteiger partial charge in [0.2, 0.25) is 0 Å². The molecule has 0 radical (unpaired) electrons. The standard InChI is InChI=1S/C14H18N2O4/c1-14(6-3-7-14)16-13(19)15-11-8-9(20-2)4-5-10(11)12(17)18/h4-5,8H,3,6-7H2,1-2H3,(H,17,18)(H2,15,16,19). The number of carboxylic acids is 1. The lowest BCUT2D eigenvalue weighted by atomic mass is 9.79. The smallest absolute Gasteiger partial charge is 0.337 e. The predicted molar refractivity (Wildman–Crippen MR) is 74.4 cm³/mol. The highest BCUT2D eigenvalue weighted by atomic mass is 16.5. The Balaban J connectivity index is 2.14. The molecule has 6 nitrogen and oxygen atoms in total. The molecular formula is C14H18N2O4. The normalized spacial score (nSPS) is 15.9. The SMILES string of the molecule is COc1ccc(C(=O)O)c(NC(=O)NC2(C)CCC2)c1. The average Bonchev–Trinajstić information content (AvgIpc) is 2.36. The van der Waals surface area contributed by atoms with E-state index < -0.39 is 12.0 Å². The van der Waals surface area contributed by atoms with Gasteiger partial charge < -0.3 is 20.5 Å². The number of benzene rings is 1. The first-order chi connectivity index (χ1) is 9.43. The highest BCUT2D eigenvalue weighted by Gasteiger charge is 2.33. The Kier molecular flexibility index (Phi) is 3.83. The van der Waals surface area contributed by atoms with Crippen molar-refractivity contribution >= 4 is 17.7 Å². The van der Waals surface area contributed by atoms with Gasteiger partial charge in [-0.25, -0.2) is 9.59 Å². The third-order valence-corrected chi connectivity index (χ3v) is 3.58. The molecule has 2 rings (SSSR count). The van der Waals surface area contributed by atoms with Crippen molar-refractivity contribution in [2.75, 3.05) is 12.4 Å². The van der Waals surface area contributed by atoms with E-state index >= 15 is 0 Å². The number of hydrogen-bond donors (Lipinski definition) is 3. The molecule has 6 heteroatoms. The Morgan fingerprint density at radius 2 is 2.05 bits per heavy atom. The van der Waals surface area contributed by atoms with Gasteiger partial charge in [0.1, 0.15) is 5.75 Å². The number of urea groups is 1. The summed E-state index contributed by atoms with van der Waals surface area (Å²) in [6, 6.07) is 4.04. The van der Waals surface area contributed by atoms with E-state index in [2.05, 4.69) is 10.6 Å². The van der Waals surface area contributed by atoms with Crippen molar-refractivity contribution in [2.24, 2.45) is 0 Å². The number of carbonyl (C=O) groups excluding carboxylic acids is 1.